The largest absolute Gasteiger partial charge is 0.467 e. The van der Waals surface area contributed by atoms with Crippen molar-refractivity contribution in [3.8, 4) is 6.01 Å². The first kappa shape index (κ1) is 12.4. The van der Waals surface area contributed by atoms with Crippen LogP contribution < -0.4 is 10.1 Å². The number of hydrogen-bond acceptors (Lipinski definition) is 5. The first-order valence-electron chi connectivity index (χ1n) is 5.91. The number of nitrogens with one attached hydrogen (secondary N) is 1. The molecule has 1 saturated carbocycles. The Bertz CT molecular complexity index is 388. The molecule has 2 rings (SSSR count). The second-order valence-electron chi connectivity index (χ2n) is 4.43. The summed E-state index contributed by atoms with van der Waals surface area (Å²) in [5.41, 5.74) is 0. The maximum absolute atomic E-state index is 5.80. The molecule has 1 aromatic heterocycles. The van der Waals surface area contributed by atoms with Gasteiger partial charge in [0.2, 0.25) is 11.2 Å². The van der Waals surface area contributed by atoms with Gasteiger partial charge in [-0.2, -0.15) is 15.0 Å². The summed E-state index contributed by atoms with van der Waals surface area (Å²) in [5, 5.41) is 3.47. The molecule has 1 N–H and O–H groups in total. The highest BCUT2D eigenvalue weighted by Gasteiger charge is 2.22. The van der Waals surface area contributed by atoms with E-state index in [-0.39, 0.29) is 11.3 Å². The second-order valence-corrected chi connectivity index (χ2v) is 4.77. The number of methoxy groups -OCH3 is 1. The number of aromatic nitrogens is 3. The predicted octanol–water partition coefficient (Wildman–Crippen LogP) is 2.52. The molecule has 0 bridgehead atoms. The molecule has 17 heavy (non-hydrogen) atoms. The van der Waals surface area contributed by atoms with Gasteiger partial charge < -0.3 is 10.1 Å². The molecule has 0 spiro atoms. The van der Waals surface area contributed by atoms with Crippen LogP contribution in [0.3, 0.4) is 0 Å². The van der Waals surface area contributed by atoms with Gasteiger partial charge >= 0.3 is 6.01 Å². The number of rotatable bonds is 3. The average Bonchev–Trinajstić information content (AvgIpc) is 2.31. The molecule has 0 aliphatic heterocycles. The van der Waals surface area contributed by atoms with E-state index in [4.69, 9.17) is 16.3 Å². The van der Waals surface area contributed by atoms with E-state index in [0.29, 0.717) is 17.9 Å². The second kappa shape index (κ2) is 5.49. The van der Waals surface area contributed by atoms with Crippen molar-refractivity contribution in [2.75, 3.05) is 12.4 Å². The van der Waals surface area contributed by atoms with Crippen molar-refractivity contribution in [1.82, 2.24) is 15.0 Å². The predicted molar refractivity (Wildman–Crippen MR) is 66.4 cm³/mol. The minimum Gasteiger partial charge on any atom is -0.467 e. The summed E-state index contributed by atoms with van der Waals surface area (Å²) >= 11 is 5.80. The van der Waals surface area contributed by atoms with Crippen molar-refractivity contribution in [1.29, 1.82) is 0 Å². The Morgan fingerprint density at radius 3 is 2.71 bits per heavy atom. The zero-order valence-electron chi connectivity index (χ0n) is 10.1. The van der Waals surface area contributed by atoms with Crippen molar-refractivity contribution < 1.29 is 4.74 Å². The summed E-state index contributed by atoms with van der Waals surface area (Å²) in [6, 6.07) is 0.655. The maximum atomic E-state index is 5.80. The lowest BCUT2D eigenvalue weighted by atomic mass is 9.86. The highest BCUT2D eigenvalue weighted by molar-refractivity contribution is 6.28. The topological polar surface area (TPSA) is 59.9 Å². The number of anilines is 1. The molecule has 1 aromatic rings. The normalized spacial score (nSPS) is 24.4. The van der Waals surface area contributed by atoms with E-state index in [1.54, 1.807) is 0 Å². The van der Waals surface area contributed by atoms with Gasteiger partial charge in [0.15, 0.2) is 0 Å². The summed E-state index contributed by atoms with van der Waals surface area (Å²) in [5.74, 6) is 1.13. The first-order valence-corrected chi connectivity index (χ1v) is 6.29. The highest BCUT2D eigenvalue weighted by atomic mass is 35.5. The van der Waals surface area contributed by atoms with Gasteiger partial charge in [-0.25, -0.2) is 0 Å². The standard InChI is InChI=1S/C11H17ClN4O/c1-7-5-3-4-6-8(7)13-10-14-9(12)15-11(16-10)17-2/h7-8H,3-6H2,1-2H3,(H,13,14,15,16). The molecule has 0 saturated heterocycles. The summed E-state index contributed by atoms with van der Waals surface area (Å²) in [7, 11) is 1.51. The number of hydrogen-bond donors (Lipinski definition) is 1. The van der Waals surface area contributed by atoms with Crippen LogP contribution in [0, 0.1) is 5.92 Å². The summed E-state index contributed by atoms with van der Waals surface area (Å²) in [4.78, 5) is 12.0. The monoisotopic (exact) mass is 256 g/mol. The highest BCUT2D eigenvalue weighted by Crippen LogP contribution is 2.26. The third-order valence-electron chi connectivity index (χ3n) is 3.20. The fraction of sp³-hybridized carbons (Fsp3) is 0.727. The molecule has 6 heteroatoms. The Morgan fingerprint density at radius 1 is 1.24 bits per heavy atom. The zero-order chi connectivity index (χ0) is 12.3. The molecule has 2 unspecified atom stereocenters. The van der Waals surface area contributed by atoms with Gasteiger partial charge in [-0.05, 0) is 30.4 Å². The smallest absolute Gasteiger partial charge is 0.322 e. The van der Waals surface area contributed by atoms with Gasteiger partial charge in [0.1, 0.15) is 0 Å². The van der Waals surface area contributed by atoms with Gasteiger partial charge in [0.05, 0.1) is 7.11 Å². The molecule has 94 valence electrons. The van der Waals surface area contributed by atoms with Gasteiger partial charge in [-0.3, -0.25) is 0 Å². The van der Waals surface area contributed by atoms with Crippen LogP contribution in [0.4, 0.5) is 5.95 Å². The van der Waals surface area contributed by atoms with Crippen LogP contribution in [0.15, 0.2) is 0 Å². The third kappa shape index (κ3) is 3.19. The van der Waals surface area contributed by atoms with Crippen LogP contribution in [-0.2, 0) is 0 Å². The van der Waals surface area contributed by atoms with E-state index in [9.17, 15) is 0 Å². The Labute approximate surface area is 106 Å². The van der Waals surface area contributed by atoms with Crippen molar-refractivity contribution in [3.05, 3.63) is 5.28 Å². The van der Waals surface area contributed by atoms with E-state index in [1.807, 2.05) is 0 Å². The average molecular weight is 257 g/mol. The van der Waals surface area contributed by atoms with Crippen molar-refractivity contribution in [2.45, 2.75) is 38.6 Å². The lowest BCUT2D eigenvalue weighted by Crippen LogP contribution is -2.31. The lowest BCUT2D eigenvalue weighted by Gasteiger charge is -2.29. The molecule has 2 atom stereocenters. The van der Waals surface area contributed by atoms with E-state index >= 15 is 0 Å². The molecular formula is C11H17ClN4O. The number of nitrogens with zero attached hydrogens (tertiary/aromatic N) is 3. The quantitative estimate of drug-likeness (QED) is 0.901. The van der Waals surface area contributed by atoms with E-state index in [2.05, 4.69) is 27.2 Å². The van der Waals surface area contributed by atoms with Crippen LogP contribution in [0.25, 0.3) is 0 Å². The Morgan fingerprint density at radius 2 is 2.00 bits per heavy atom. The molecule has 1 aliphatic rings. The van der Waals surface area contributed by atoms with Gasteiger partial charge in [0, 0.05) is 6.04 Å². The SMILES string of the molecule is COc1nc(Cl)nc(NC2CCCCC2C)n1. The van der Waals surface area contributed by atoms with Crippen molar-refractivity contribution in [2.24, 2.45) is 5.92 Å². The molecule has 5 nitrogen and oxygen atoms in total. The molecule has 1 aliphatic carbocycles. The van der Waals surface area contributed by atoms with E-state index < -0.39 is 0 Å². The molecule has 0 amide bonds. The van der Waals surface area contributed by atoms with Crippen LogP contribution in [0.1, 0.15) is 32.6 Å². The molecule has 1 fully saturated rings. The fourth-order valence-electron chi connectivity index (χ4n) is 2.18. The molecule has 0 radical (unpaired) electrons. The van der Waals surface area contributed by atoms with E-state index in [1.165, 1.54) is 26.4 Å². The molecule has 1 heterocycles. The van der Waals surface area contributed by atoms with E-state index in [0.717, 1.165) is 6.42 Å². The summed E-state index contributed by atoms with van der Waals surface area (Å²) in [6.45, 7) is 2.25. The fourth-order valence-corrected chi connectivity index (χ4v) is 2.34. The van der Waals surface area contributed by atoms with Crippen molar-refractivity contribution in [3.63, 3.8) is 0 Å². The van der Waals surface area contributed by atoms with Crippen LogP contribution >= 0.6 is 11.6 Å². The minimum atomic E-state index is 0.155. The van der Waals surface area contributed by atoms with Crippen LogP contribution in [0.2, 0.25) is 5.28 Å². The summed E-state index contributed by atoms with van der Waals surface area (Å²) in [6.07, 6.45) is 4.94. The maximum Gasteiger partial charge on any atom is 0.322 e. The number of halogens is 1. The zero-order valence-corrected chi connectivity index (χ0v) is 10.9. The molecule has 0 aromatic carbocycles. The minimum absolute atomic E-state index is 0.155. The Kier molecular flexibility index (Phi) is 3.99. The number of ether oxygens (including phenoxy) is 1. The van der Waals surface area contributed by atoms with Gasteiger partial charge in [-0.1, -0.05) is 19.8 Å². The lowest BCUT2D eigenvalue weighted by molar-refractivity contribution is 0.346. The molecular weight excluding hydrogens is 240 g/mol. The van der Waals surface area contributed by atoms with Gasteiger partial charge in [-0.15, -0.1) is 0 Å². The first-order chi connectivity index (χ1) is 8.19. The van der Waals surface area contributed by atoms with Crippen molar-refractivity contribution >= 4 is 17.5 Å². The third-order valence-corrected chi connectivity index (χ3v) is 3.37. The Hall–Kier alpha value is -1.10. The van der Waals surface area contributed by atoms with Gasteiger partial charge in [0.25, 0.3) is 0 Å². The van der Waals surface area contributed by atoms with Crippen LogP contribution in [-0.4, -0.2) is 28.1 Å². The summed E-state index contributed by atoms with van der Waals surface area (Å²) < 4.78 is 4.97. The Balaban J connectivity index is 2.09. The van der Waals surface area contributed by atoms with Crippen LogP contribution in [0.5, 0.6) is 6.01 Å².